The zero-order chi connectivity index (χ0) is 10.1. The maximum atomic E-state index is 10.9. The summed E-state index contributed by atoms with van der Waals surface area (Å²) >= 11 is 0. The molecule has 0 aliphatic carbocycles. The molecule has 0 amide bonds. The summed E-state index contributed by atoms with van der Waals surface area (Å²) in [5.41, 5.74) is 0. The molecule has 75 valence electrons. The summed E-state index contributed by atoms with van der Waals surface area (Å²) in [5, 5.41) is 0. The van der Waals surface area contributed by atoms with Gasteiger partial charge in [0.2, 0.25) is 0 Å². The Balaban J connectivity index is 3.22. The fourth-order valence-electron chi connectivity index (χ4n) is 0.807. The molecule has 0 atom stereocenters. The van der Waals surface area contributed by atoms with Crippen molar-refractivity contribution in [3.8, 4) is 0 Å². The highest BCUT2D eigenvalue weighted by atomic mass is 16.5. The minimum Gasteiger partial charge on any atom is -0.463 e. The first-order valence-corrected chi connectivity index (χ1v) is 4.35. The minimum absolute atomic E-state index is 0.0629. The van der Waals surface area contributed by atoms with Crippen molar-refractivity contribution < 1.29 is 19.1 Å². The lowest BCUT2D eigenvalue weighted by molar-refractivity contribution is -0.147. The van der Waals surface area contributed by atoms with E-state index in [4.69, 9.17) is 4.74 Å². The van der Waals surface area contributed by atoms with E-state index in [1.807, 2.05) is 13.8 Å². The smallest absolute Gasteiger partial charge is 0.417 e. The van der Waals surface area contributed by atoms with Gasteiger partial charge in [-0.1, -0.05) is 0 Å². The first kappa shape index (κ1) is 11.9. The van der Waals surface area contributed by atoms with E-state index in [0.717, 1.165) is 0 Å². The topological polar surface area (TPSA) is 52.6 Å². The van der Waals surface area contributed by atoms with Gasteiger partial charge in [0.05, 0.1) is 12.7 Å². The van der Waals surface area contributed by atoms with Crippen LogP contribution in [0, 0.1) is 0 Å². The third-order valence-corrected chi connectivity index (χ3v) is 1.30. The second kappa shape index (κ2) is 7.58. The van der Waals surface area contributed by atoms with Crippen LogP contribution in [-0.2, 0) is 19.1 Å². The van der Waals surface area contributed by atoms with Crippen molar-refractivity contribution in [1.29, 1.82) is 0 Å². The molecule has 4 nitrogen and oxygen atoms in total. The molecule has 0 bridgehead atoms. The lowest BCUT2D eigenvalue weighted by atomic mass is 10.2. The molecule has 1 radical (unpaired) electrons. The number of hydrogen-bond donors (Lipinski definition) is 0. The molecule has 0 aliphatic heterocycles. The van der Waals surface area contributed by atoms with Crippen molar-refractivity contribution in [3.05, 3.63) is 0 Å². The van der Waals surface area contributed by atoms with Crippen molar-refractivity contribution in [2.75, 3.05) is 6.61 Å². The molecule has 0 saturated heterocycles. The van der Waals surface area contributed by atoms with Crippen molar-refractivity contribution in [3.63, 3.8) is 0 Å². The molecule has 0 aliphatic rings. The molecule has 0 unspecified atom stereocenters. The summed E-state index contributed by atoms with van der Waals surface area (Å²) < 4.78 is 9.24. The third kappa shape index (κ3) is 8.85. The number of carbonyl (C=O) groups excluding carboxylic acids is 2. The van der Waals surface area contributed by atoms with Crippen molar-refractivity contribution in [2.45, 2.75) is 39.2 Å². The van der Waals surface area contributed by atoms with Crippen molar-refractivity contribution in [2.24, 2.45) is 0 Å². The van der Waals surface area contributed by atoms with Crippen LogP contribution in [0.5, 0.6) is 0 Å². The Hall–Kier alpha value is -1.06. The third-order valence-electron chi connectivity index (χ3n) is 1.30. The molecular formula is C9H15O4. The van der Waals surface area contributed by atoms with Crippen molar-refractivity contribution in [1.82, 2.24) is 0 Å². The van der Waals surface area contributed by atoms with E-state index in [1.54, 1.807) is 0 Å². The molecule has 0 aromatic heterocycles. The molecule has 0 aromatic rings. The highest BCUT2D eigenvalue weighted by Crippen LogP contribution is 2.00. The Morgan fingerprint density at radius 1 is 1.38 bits per heavy atom. The minimum atomic E-state index is -0.204. The van der Waals surface area contributed by atoms with Gasteiger partial charge in [-0.2, -0.15) is 0 Å². The number of esters is 1. The van der Waals surface area contributed by atoms with Crippen molar-refractivity contribution >= 4 is 12.4 Å². The van der Waals surface area contributed by atoms with E-state index < -0.39 is 0 Å². The largest absolute Gasteiger partial charge is 0.463 e. The van der Waals surface area contributed by atoms with Gasteiger partial charge in [0.25, 0.3) is 0 Å². The molecular weight excluding hydrogens is 172 g/mol. The predicted octanol–water partition coefficient (Wildman–Crippen LogP) is 1.19. The number of hydrogen-bond acceptors (Lipinski definition) is 4. The van der Waals surface area contributed by atoms with E-state index in [1.165, 1.54) is 6.47 Å². The van der Waals surface area contributed by atoms with E-state index in [2.05, 4.69) is 4.74 Å². The number of rotatable bonds is 7. The van der Waals surface area contributed by atoms with Crippen LogP contribution in [0.25, 0.3) is 0 Å². The number of carbonyl (C=O) groups is 1. The summed E-state index contributed by atoms with van der Waals surface area (Å²) in [6.07, 6.45) is 1.66. The Morgan fingerprint density at radius 2 is 2.08 bits per heavy atom. The summed E-state index contributed by atoms with van der Waals surface area (Å²) in [6, 6.07) is 0. The molecule has 0 aromatic carbocycles. The fourth-order valence-corrected chi connectivity index (χ4v) is 0.807. The van der Waals surface area contributed by atoms with Crippen LogP contribution in [0.2, 0.25) is 0 Å². The van der Waals surface area contributed by atoms with E-state index >= 15 is 0 Å². The second-order valence-electron chi connectivity index (χ2n) is 2.93. The number of unbranched alkanes of at least 4 members (excludes halogenated alkanes) is 1. The molecule has 13 heavy (non-hydrogen) atoms. The van der Waals surface area contributed by atoms with Gasteiger partial charge in [-0.15, -0.1) is 0 Å². The Bertz CT molecular complexity index is 154. The zero-order valence-corrected chi connectivity index (χ0v) is 8.04. The van der Waals surface area contributed by atoms with Gasteiger partial charge >= 0.3 is 12.4 Å². The summed E-state index contributed by atoms with van der Waals surface area (Å²) in [6.45, 7) is 5.26. The monoisotopic (exact) mass is 187 g/mol. The van der Waals surface area contributed by atoms with E-state index in [0.29, 0.717) is 25.9 Å². The first-order chi connectivity index (χ1) is 6.16. The first-order valence-electron chi connectivity index (χ1n) is 4.35. The highest BCUT2D eigenvalue weighted by Gasteiger charge is 2.04. The average Bonchev–Trinajstić information content (AvgIpc) is 2.02. The quantitative estimate of drug-likeness (QED) is 0.444. The predicted molar refractivity (Wildman–Crippen MR) is 46.7 cm³/mol. The van der Waals surface area contributed by atoms with Gasteiger partial charge in [0, 0.05) is 6.42 Å². The van der Waals surface area contributed by atoms with Gasteiger partial charge in [-0.25, -0.2) is 4.79 Å². The van der Waals surface area contributed by atoms with Gasteiger partial charge in [-0.05, 0) is 26.7 Å². The SMILES string of the molecule is CC(C)OC(=O)CCCCO[C]=O. The lowest BCUT2D eigenvalue weighted by Crippen LogP contribution is -2.11. The highest BCUT2D eigenvalue weighted by molar-refractivity contribution is 5.69. The summed E-state index contributed by atoms with van der Waals surface area (Å²) in [4.78, 5) is 20.6. The summed E-state index contributed by atoms with van der Waals surface area (Å²) in [7, 11) is 0. The Labute approximate surface area is 78.2 Å². The van der Waals surface area contributed by atoms with Crippen LogP contribution in [0.3, 0.4) is 0 Å². The molecule has 0 fully saturated rings. The van der Waals surface area contributed by atoms with Gasteiger partial charge in [0.15, 0.2) is 0 Å². The van der Waals surface area contributed by atoms with Crippen LogP contribution < -0.4 is 0 Å². The fraction of sp³-hybridized carbons (Fsp3) is 0.778. The standard InChI is InChI=1S/C9H15O4/c1-8(2)13-9(11)5-3-4-6-12-7-10/h8H,3-6H2,1-2H3. The van der Waals surface area contributed by atoms with Crippen LogP contribution in [0.4, 0.5) is 0 Å². The molecule has 0 N–H and O–H groups in total. The second-order valence-corrected chi connectivity index (χ2v) is 2.93. The summed E-state index contributed by atoms with van der Waals surface area (Å²) in [5.74, 6) is -0.204. The van der Waals surface area contributed by atoms with Gasteiger partial charge in [0.1, 0.15) is 0 Å². The number of ether oxygens (including phenoxy) is 2. The molecule has 0 spiro atoms. The van der Waals surface area contributed by atoms with E-state index in [9.17, 15) is 9.59 Å². The molecule has 0 rings (SSSR count). The van der Waals surface area contributed by atoms with E-state index in [-0.39, 0.29) is 12.1 Å². The zero-order valence-electron chi connectivity index (χ0n) is 8.04. The van der Waals surface area contributed by atoms with Crippen LogP contribution in [0.15, 0.2) is 0 Å². The Kier molecular flexibility index (Phi) is 6.96. The van der Waals surface area contributed by atoms with Crippen LogP contribution >= 0.6 is 0 Å². The normalized spacial score (nSPS) is 9.77. The maximum absolute atomic E-state index is 10.9. The van der Waals surface area contributed by atoms with Crippen LogP contribution in [-0.4, -0.2) is 25.2 Å². The van der Waals surface area contributed by atoms with Gasteiger partial charge in [-0.3, -0.25) is 4.79 Å². The molecule has 0 saturated carbocycles. The maximum Gasteiger partial charge on any atom is 0.417 e. The van der Waals surface area contributed by atoms with Crippen LogP contribution in [0.1, 0.15) is 33.1 Å². The van der Waals surface area contributed by atoms with Gasteiger partial charge < -0.3 is 9.47 Å². The lowest BCUT2D eigenvalue weighted by Gasteiger charge is -2.06. The molecule has 4 heteroatoms. The average molecular weight is 187 g/mol. The molecule has 0 heterocycles. The Morgan fingerprint density at radius 3 is 2.62 bits per heavy atom.